The molecule has 1 aromatic heterocycles. The molecule has 0 amide bonds. The molecule has 1 fully saturated rings. The fourth-order valence-electron chi connectivity index (χ4n) is 4.92. The van der Waals surface area contributed by atoms with Gasteiger partial charge in [0.2, 0.25) is 0 Å². The normalized spacial score (nSPS) is 18.7. The van der Waals surface area contributed by atoms with Crippen molar-refractivity contribution in [2.24, 2.45) is 7.05 Å². The lowest BCUT2D eigenvalue weighted by Gasteiger charge is -2.34. The van der Waals surface area contributed by atoms with Crippen LogP contribution in [0, 0.1) is 0 Å². The second-order valence-corrected chi connectivity index (χ2v) is 8.70. The lowest BCUT2D eigenvalue weighted by Crippen LogP contribution is -2.45. The van der Waals surface area contributed by atoms with E-state index in [4.69, 9.17) is 4.74 Å². The number of nitrogens with one attached hydrogen (secondary N) is 2. The second kappa shape index (κ2) is 9.19. The van der Waals surface area contributed by atoms with Crippen molar-refractivity contribution in [1.29, 1.82) is 0 Å². The van der Waals surface area contributed by atoms with Gasteiger partial charge in [0.05, 0.1) is 7.11 Å². The van der Waals surface area contributed by atoms with Crippen molar-refractivity contribution in [2.75, 3.05) is 13.7 Å². The average molecular weight is 426 g/mol. The van der Waals surface area contributed by atoms with Gasteiger partial charge in [0, 0.05) is 48.3 Å². The van der Waals surface area contributed by atoms with Crippen LogP contribution in [-0.2, 0) is 13.6 Å². The zero-order valence-electron chi connectivity index (χ0n) is 18.8. The molecule has 3 aromatic carbocycles. The van der Waals surface area contributed by atoms with Gasteiger partial charge in [0.15, 0.2) is 0 Å². The number of ether oxygens (including phenoxy) is 1. The van der Waals surface area contributed by atoms with Crippen molar-refractivity contribution in [3.63, 3.8) is 0 Å². The van der Waals surface area contributed by atoms with Crippen LogP contribution in [0.15, 0.2) is 79.0 Å². The van der Waals surface area contributed by atoms with E-state index in [-0.39, 0.29) is 0 Å². The third-order valence-corrected chi connectivity index (χ3v) is 6.67. The van der Waals surface area contributed by atoms with E-state index in [1.54, 1.807) is 7.11 Å². The maximum atomic E-state index is 5.70. The molecular formula is C28H31N3O. The summed E-state index contributed by atoms with van der Waals surface area (Å²) in [5.74, 6) is 0.932. The maximum absolute atomic E-state index is 5.70. The number of fused-ring (bicyclic) bond motifs is 1. The van der Waals surface area contributed by atoms with Crippen LogP contribution in [-0.4, -0.2) is 24.3 Å². The molecule has 2 N–H and O–H groups in total. The molecule has 4 heteroatoms. The Kier molecular flexibility index (Phi) is 5.97. The quantitative estimate of drug-likeness (QED) is 0.432. The Bertz CT molecular complexity index is 1200. The second-order valence-electron chi connectivity index (χ2n) is 8.70. The van der Waals surface area contributed by atoms with Crippen molar-refractivity contribution >= 4 is 10.9 Å². The number of benzene rings is 3. The van der Waals surface area contributed by atoms with Crippen molar-refractivity contribution in [3.05, 3.63) is 90.1 Å². The van der Waals surface area contributed by atoms with Crippen LogP contribution in [0.1, 0.15) is 30.0 Å². The first-order valence-electron chi connectivity index (χ1n) is 11.5. The summed E-state index contributed by atoms with van der Waals surface area (Å²) in [5.41, 5.74) is 6.24. The van der Waals surface area contributed by atoms with E-state index in [9.17, 15) is 0 Å². The van der Waals surface area contributed by atoms with Crippen LogP contribution < -0.4 is 15.4 Å². The lowest BCUT2D eigenvalue weighted by molar-refractivity contribution is 0.303. The summed E-state index contributed by atoms with van der Waals surface area (Å²) in [5, 5.41) is 8.80. The molecule has 0 unspecified atom stereocenters. The Labute approximate surface area is 190 Å². The molecule has 0 aliphatic carbocycles. The van der Waals surface area contributed by atoms with Crippen LogP contribution in [0.25, 0.3) is 22.0 Å². The predicted octanol–water partition coefficient (Wildman–Crippen LogP) is 5.44. The molecule has 32 heavy (non-hydrogen) atoms. The molecule has 2 heterocycles. The van der Waals surface area contributed by atoms with Crippen molar-refractivity contribution in [2.45, 2.75) is 31.5 Å². The molecule has 1 saturated heterocycles. The molecule has 0 saturated carbocycles. The minimum absolute atomic E-state index is 0.333. The smallest absolute Gasteiger partial charge is 0.123 e. The molecule has 1 aliphatic rings. The van der Waals surface area contributed by atoms with E-state index in [1.807, 2.05) is 0 Å². The Hall–Kier alpha value is -3.08. The lowest BCUT2D eigenvalue weighted by atomic mass is 9.92. The standard InChI is InChI=1S/C28H31N3O/c1-31-16-14-23-17-21(10-12-26(23)31)22-11-13-27(32-2)24(18-22)19-30-25-9-6-15-29-28(25)20-7-4-3-5-8-20/h3-5,7-8,10-14,16-18,25,28-30H,6,9,15,19H2,1-2H3/t25-,28-/m0/s1. The highest BCUT2D eigenvalue weighted by Gasteiger charge is 2.25. The summed E-state index contributed by atoms with van der Waals surface area (Å²) in [4.78, 5) is 0. The zero-order chi connectivity index (χ0) is 21.9. The van der Waals surface area contributed by atoms with Gasteiger partial charge in [-0.05, 0) is 66.4 Å². The van der Waals surface area contributed by atoms with Crippen LogP contribution in [0.4, 0.5) is 0 Å². The van der Waals surface area contributed by atoms with E-state index in [0.717, 1.165) is 18.8 Å². The summed E-state index contributed by atoms with van der Waals surface area (Å²) < 4.78 is 7.86. The van der Waals surface area contributed by atoms with E-state index < -0.39 is 0 Å². The number of aromatic nitrogens is 1. The summed E-state index contributed by atoms with van der Waals surface area (Å²) in [7, 11) is 3.84. The highest BCUT2D eigenvalue weighted by molar-refractivity contribution is 5.85. The van der Waals surface area contributed by atoms with Gasteiger partial charge in [-0.15, -0.1) is 0 Å². The largest absolute Gasteiger partial charge is 0.496 e. The van der Waals surface area contributed by atoms with Crippen LogP contribution in [0.3, 0.4) is 0 Å². The van der Waals surface area contributed by atoms with E-state index in [1.165, 1.54) is 46.0 Å². The van der Waals surface area contributed by atoms with E-state index in [0.29, 0.717) is 12.1 Å². The first kappa shape index (κ1) is 20.8. The fraction of sp³-hybridized carbons (Fsp3) is 0.286. The van der Waals surface area contributed by atoms with Crippen LogP contribution in [0.5, 0.6) is 5.75 Å². The van der Waals surface area contributed by atoms with Gasteiger partial charge in [-0.3, -0.25) is 0 Å². The number of nitrogens with zero attached hydrogens (tertiary/aromatic N) is 1. The molecule has 4 aromatic rings. The van der Waals surface area contributed by atoms with Crippen molar-refractivity contribution in [1.82, 2.24) is 15.2 Å². The molecule has 4 nitrogen and oxygen atoms in total. The third kappa shape index (κ3) is 4.16. The fourth-order valence-corrected chi connectivity index (χ4v) is 4.92. The van der Waals surface area contributed by atoms with Gasteiger partial charge in [0.1, 0.15) is 5.75 Å². The van der Waals surface area contributed by atoms with Gasteiger partial charge in [-0.1, -0.05) is 42.5 Å². The zero-order valence-corrected chi connectivity index (χ0v) is 18.8. The SMILES string of the molecule is COc1ccc(-c2ccc3c(ccn3C)c2)cc1CN[C@H]1CCCN[C@H]1c1ccccc1. The molecule has 2 atom stereocenters. The Morgan fingerprint density at radius 1 is 1.00 bits per heavy atom. The Balaban J connectivity index is 1.38. The number of hydrogen-bond acceptors (Lipinski definition) is 3. The summed E-state index contributed by atoms with van der Waals surface area (Å²) in [6, 6.07) is 26.9. The number of aryl methyl sites for hydroxylation is 1. The molecule has 1 aliphatic heterocycles. The predicted molar refractivity (Wildman–Crippen MR) is 132 cm³/mol. The molecule has 0 radical (unpaired) electrons. The Morgan fingerprint density at radius 3 is 2.66 bits per heavy atom. The van der Waals surface area contributed by atoms with Crippen molar-refractivity contribution in [3.8, 4) is 16.9 Å². The first-order chi connectivity index (χ1) is 15.7. The molecule has 164 valence electrons. The number of rotatable bonds is 6. The molecule has 0 spiro atoms. The topological polar surface area (TPSA) is 38.2 Å². The Morgan fingerprint density at radius 2 is 1.81 bits per heavy atom. The minimum atomic E-state index is 0.333. The number of hydrogen-bond donors (Lipinski definition) is 2. The molecule has 5 rings (SSSR count). The number of piperidine rings is 1. The molecule has 0 bridgehead atoms. The summed E-state index contributed by atoms with van der Waals surface area (Å²) in [6.07, 6.45) is 4.47. The maximum Gasteiger partial charge on any atom is 0.123 e. The van der Waals surface area contributed by atoms with Crippen molar-refractivity contribution < 1.29 is 4.74 Å². The van der Waals surface area contributed by atoms with E-state index >= 15 is 0 Å². The van der Waals surface area contributed by atoms with E-state index in [2.05, 4.69) is 101 Å². The summed E-state index contributed by atoms with van der Waals surface area (Å²) >= 11 is 0. The van der Waals surface area contributed by atoms with Gasteiger partial charge >= 0.3 is 0 Å². The van der Waals surface area contributed by atoms with Crippen LogP contribution >= 0.6 is 0 Å². The van der Waals surface area contributed by atoms with Gasteiger partial charge in [-0.25, -0.2) is 0 Å². The monoisotopic (exact) mass is 425 g/mol. The first-order valence-corrected chi connectivity index (χ1v) is 11.5. The highest BCUT2D eigenvalue weighted by Crippen LogP contribution is 2.30. The third-order valence-electron chi connectivity index (χ3n) is 6.67. The molecular weight excluding hydrogens is 394 g/mol. The van der Waals surface area contributed by atoms with Gasteiger partial charge in [-0.2, -0.15) is 0 Å². The van der Waals surface area contributed by atoms with Crippen LogP contribution in [0.2, 0.25) is 0 Å². The van der Waals surface area contributed by atoms with Gasteiger partial charge in [0.25, 0.3) is 0 Å². The number of methoxy groups -OCH3 is 1. The average Bonchev–Trinajstić information content (AvgIpc) is 3.23. The van der Waals surface area contributed by atoms with Gasteiger partial charge < -0.3 is 19.9 Å². The minimum Gasteiger partial charge on any atom is -0.496 e. The summed E-state index contributed by atoms with van der Waals surface area (Å²) in [6.45, 7) is 1.85. The highest BCUT2D eigenvalue weighted by atomic mass is 16.5.